The summed E-state index contributed by atoms with van der Waals surface area (Å²) in [5.41, 5.74) is 7.74. The third kappa shape index (κ3) is 3.98. The molecule has 0 spiro atoms. The fraction of sp³-hybridized carbons (Fsp3) is 0.333. The summed E-state index contributed by atoms with van der Waals surface area (Å²) >= 11 is 0. The van der Waals surface area contributed by atoms with Crippen molar-refractivity contribution in [1.29, 1.82) is 0 Å². The van der Waals surface area contributed by atoms with Crippen LogP contribution >= 0.6 is 0 Å². The largest absolute Gasteiger partial charge is 1.00 e. The van der Waals surface area contributed by atoms with Crippen molar-refractivity contribution in [3.8, 4) is 5.69 Å². The molecule has 2 atom stereocenters. The molecule has 0 N–H and O–H groups in total. The second-order valence-electron chi connectivity index (χ2n) is 7.58. The Labute approximate surface area is 172 Å². The number of hydrogen-bond donors (Lipinski definition) is 0. The molecule has 0 amide bonds. The lowest BCUT2D eigenvalue weighted by Gasteiger charge is -2.23. The lowest BCUT2D eigenvalue weighted by molar-refractivity contribution is -0.739. The lowest BCUT2D eigenvalue weighted by Crippen LogP contribution is -3.00. The van der Waals surface area contributed by atoms with Crippen molar-refractivity contribution in [2.45, 2.75) is 45.9 Å². The number of fused-ring (bicyclic) bond motifs is 5. The van der Waals surface area contributed by atoms with Gasteiger partial charge in [0.15, 0.2) is 0 Å². The maximum Gasteiger partial charge on any atom is 0.762 e. The Hall–Kier alpha value is -2.68. The molecule has 3 aromatic rings. The Balaban J connectivity index is 0.000000473. The zero-order valence-electron chi connectivity index (χ0n) is 16.9. The van der Waals surface area contributed by atoms with E-state index in [1.165, 1.54) is 33.5 Å². The van der Waals surface area contributed by atoms with Crippen LogP contribution < -0.4 is 9.27 Å². The molecule has 0 bridgehead atoms. The summed E-state index contributed by atoms with van der Waals surface area (Å²) in [6, 6.07) is 13.4. The Bertz CT molecular complexity index is 1030. The monoisotopic (exact) mass is 419 g/mol. The minimum atomic E-state index is -3.67. The van der Waals surface area contributed by atoms with Gasteiger partial charge in [0.2, 0.25) is 6.33 Å². The van der Waals surface area contributed by atoms with Gasteiger partial charge in [0.1, 0.15) is 24.4 Å². The second-order valence-corrected chi connectivity index (χ2v) is 7.58. The molecule has 0 saturated heterocycles. The quantitative estimate of drug-likeness (QED) is 0.335. The van der Waals surface area contributed by atoms with Gasteiger partial charge < -0.3 is 9.44 Å². The highest BCUT2D eigenvalue weighted by molar-refractivity contribution is 6.33. The van der Waals surface area contributed by atoms with Gasteiger partial charge in [-0.3, -0.25) is 12.9 Å². The van der Waals surface area contributed by atoms with E-state index in [-0.39, 0.29) is 16.9 Å². The molecule has 2 heterocycles. The minimum absolute atomic E-state index is 0. The van der Waals surface area contributed by atoms with Crippen LogP contribution in [0.5, 0.6) is 0 Å². The van der Waals surface area contributed by atoms with Crippen LogP contribution in [0, 0.1) is 20.8 Å². The van der Waals surface area contributed by atoms with E-state index in [9.17, 15) is 12.9 Å². The smallest absolute Gasteiger partial charge is 0.762 e. The summed E-state index contributed by atoms with van der Waals surface area (Å²) in [4.78, 5) is 0. The molecule has 4 nitrogen and oxygen atoms in total. The third-order valence-corrected chi connectivity index (χ3v) is 5.49. The topological polar surface area (TPSA) is 30.9 Å². The maximum absolute atomic E-state index is 9.67. The molecule has 1 aliphatic carbocycles. The fourth-order valence-electron chi connectivity index (χ4n) is 4.56. The number of hydrogen-bond acceptors (Lipinski definition) is 2. The molecule has 0 unspecified atom stereocenters. The summed E-state index contributed by atoms with van der Waals surface area (Å²) in [7, 11) is -3.67. The van der Waals surface area contributed by atoms with E-state index in [4.69, 9.17) is 9.84 Å². The molecule has 2 aromatic carbocycles. The third-order valence-electron chi connectivity index (χ3n) is 5.49. The first kappa shape index (κ1) is 22.0. The van der Waals surface area contributed by atoms with E-state index in [0.29, 0.717) is 6.61 Å². The van der Waals surface area contributed by atoms with Gasteiger partial charge in [0.25, 0.3) is 0 Å². The number of halogens is 4. The standard InChI is InChI=1S/C21H22N3O.BF3.FH/c1-13-8-14(2)20(15(3)9-13)24-12-23-19(22-24)11-25-18-10-16-6-4-5-7-17(16)21(18)23;2-1(3)4;/h4-9,12,18,21H,10-11H2,1-3H3;;1H/q+1;;/p-1/t18-,21+;;/m0../s1. The average Bonchev–Trinajstić information content (AvgIpc) is 3.20. The molecular formula is C21H22BF4N3O. The number of rotatable bonds is 1. The van der Waals surface area contributed by atoms with Crippen LogP contribution in [-0.2, 0) is 17.8 Å². The predicted molar refractivity (Wildman–Crippen MR) is 104 cm³/mol. The van der Waals surface area contributed by atoms with Crippen molar-refractivity contribution in [3.05, 3.63) is 76.4 Å². The predicted octanol–water partition coefficient (Wildman–Crippen LogP) is 1.01. The molecule has 0 radical (unpaired) electrons. The van der Waals surface area contributed by atoms with Crippen LogP contribution in [-0.4, -0.2) is 23.4 Å². The van der Waals surface area contributed by atoms with Crippen molar-refractivity contribution in [2.24, 2.45) is 0 Å². The zero-order valence-corrected chi connectivity index (χ0v) is 16.9. The van der Waals surface area contributed by atoms with Gasteiger partial charge in [0, 0.05) is 11.5 Å². The van der Waals surface area contributed by atoms with E-state index >= 15 is 0 Å². The summed E-state index contributed by atoms with van der Waals surface area (Å²) in [6.07, 6.45) is 3.36. The molecule has 1 aromatic heterocycles. The van der Waals surface area contributed by atoms with Crippen molar-refractivity contribution < 1.29 is 27.0 Å². The first-order valence-electron chi connectivity index (χ1n) is 9.54. The van der Waals surface area contributed by atoms with Gasteiger partial charge in [-0.05, 0) is 43.0 Å². The first-order chi connectivity index (χ1) is 13.8. The van der Waals surface area contributed by atoms with E-state index in [1.807, 2.05) is 4.68 Å². The molecular weight excluding hydrogens is 397 g/mol. The van der Waals surface area contributed by atoms with Gasteiger partial charge in [-0.1, -0.05) is 46.6 Å². The van der Waals surface area contributed by atoms with Crippen molar-refractivity contribution in [3.63, 3.8) is 0 Å². The van der Waals surface area contributed by atoms with Crippen molar-refractivity contribution in [2.75, 3.05) is 0 Å². The highest BCUT2D eigenvalue weighted by Gasteiger charge is 2.43. The molecule has 158 valence electrons. The van der Waals surface area contributed by atoms with Crippen molar-refractivity contribution in [1.82, 2.24) is 9.78 Å². The number of ether oxygens (including phenoxy) is 1. The Morgan fingerprint density at radius 2 is 1.73 bits per heavy atom. The number of aromatic nitrogens is 3. The molecule has 0 saturated carbocycles. The summed E-state index contributed by atoms with van der Waals surface area (Å²) in [5.74, 6) is 0.998. The number of nitrogens with zero attached hydrogens (tertiary/aromatic N) is 3. The van der Waals surface area contributed by atoms with Gasteiger partial charge in [-0.2, -0.15) is 0 Å². The van der Waals surface area contributed by atoms with Crippen LogP contribution in [0.3, 0.4) is 0 Å². The molecule has 1 aliphatic heterocycles. The molecule has 5 rings (SSSR count). The van der Waals surface area contributed by atoms with Crippen LogP contribution in [0.2, 0.25) is 0 Å². The Morgan fingerprint density at radius 1 is 1.10 bits per heavy atom. The van der Waals surface area contributed by atoms with Crippen LogP contribution in [0.1, 0.15) is 39.7 Å². The van der Waals surface area contributed by atoms with E-state index in [0.717, 1.165) is 12.2 Å². The van der Waals surface area contributed by atoms with Crippen molar-refractivity contribution >= 4 is 7.54 Å². The molecule has 30 heavy (non-hydrogen) atoms. The lowest BCUT2D eigenvalue weighted by atomic mass is 10.1. The van der Waals surface area contributed by atoms with Gasteiger partial charge >= 0.3 is 13.4 Å². The normalized spacial score (nSPS) is 18.3. The zero-order chi connectivity index (χ0) is 20.7. The summed E-state index contributed by atoms with van der Waals surface area (Å²) < 4.78 is 39.5. The molecule has 0 fully saturated rings. The highest BCUT2D eigenvalue weighted by atomic mass is 19.4. The maximum atomic E-state index is 9.67. The average molecular weight is 419 g/mol. The summed E-state index contributed by atoms with van der Waals surface area (Å²) in [5, 5.41) is 4.86. The van der Waals surface area contributed by atoms with Crippen LogP contribution in [0.4, 0.5) is 12.9 Å². The van der Waals surface area contributed by atoms with Crippen LogP contribution in [0.25, 0.3) is 5.69 Å². The highest BCUT2D eigenvalue weighted by Crippen LogP contribution is 2.35. The molecule has 9 heteroatoms. The Kier molecular flexibility index (Phi) is 6.31. The first-order valence-corrected chi connectivity index (χ1v) is 9.54. The van der Waals surface area contributed by atoms with Crippen LogP contribution in [0.15, 0.2) is 42.7 Å². The second kappa shape index (κ2) is 8.59. The van der Waals surface area contributed by atoms with Gasteiger partial charge in [0.05, 0.1) is 0 Å². The van der Waals surface area contributed by atoms with E-state index in [1.54, 1.807) is 0 Å². The fourth-order valence-corrected chi connectivity index (χ4v) is 4.56. The van der Waals surface area contributed by atoms with Gasteiger partial charge in [-0.25, -0.2) is 4.57 Å². The van der Waals surface area contributed by atoms with E-state index in [2.05, 4.69) is 68.1 Å². The number of aryl methyl sites for hydroxylation is 3. The SMILES string of the molecule is Cc1cc(C)c(-n2c[n+]3c(n2)CO[C@H]2Cc4ccccc4[C@H]23)c(C)c1.FB(F)F.[F-]. The summed E-state index contributed by atoms with van der Waals surface area (Å²) in [6.45, 7) is 7.03. The Morgan fingerprint density at radius 3 is 2.40 bits per heavy atom. The minimum Gasteiger partial charge on any atom is -1.00 e. The molecule has 2 aliphatic rings. The number of benzene rings is 2. The van der Waals surface area contributed by atoms with Gasteiger partial charge in [-0.15, -0.1) is 0 Å². The van der Waals surface area contributed by atoms with E-state index < -0.39 is 7.54 Å².